The fourth-order valence-electron chi connectivity index (χ4n) is 6.99. The summed E-state index contributed by atoms with van der Waals surface area (Å²) >= 11 is 0. The van der Waals surface area contributed by atoms with Crippen LogP contribution in [0.5, 0.6) is 0 Å². The van der Waals surface area contributed by atoms with Crippen LogP contribution in [0.2, 0.25) is 0 Å². The summed E-state index contributed by atoms with van der Waals surface area (Å²) in [5.41, 5.74) is 11.2. The standard InChI is InChI=1S/C23H31N5O3.C13H18N2O3.C7H14.CH3NO/c1-15-10-19(28(25)20(12-24)23(2,3)31)14-27(15)21(29)13-26-22(30)18-9-8-16-6-4-5-7-17(16)11-18;1-9(17)13(14-8-16)7-11-3-5-12(6-4-11)15-10(2)18;1-7-5-3-2-4-6-7;2-1-3/h4-9,11-12,15,19,31H,10,13-14,24-25H2,1-3H3,(H,26,30);3-6,8-9,13,17H,7H2,1-2H3,(H,14,16)(H,15,18);7H,2-6H2,1H3;1H,(H2,2,3)/b20-12-;;;. The Labute approximate surface area is 348 Å². The molecular formula is C44H66N8O7. The van der Waals surface area contributed by atoms with Gasteiger partial charge in [0.1, 0.15) is 5.60 Å². The van der Waals surface area contributed by atoms with E-state index in [0.717, 1.165) is 27.9 Å². The number of aliphatic hydroxyl groups excluding tert-OH is 1. The van der Waals surface area contributed by atoms with E-state index in [2.05, 4.69) is 28.6 Å². The highest BCUT2D eigenvalue weighted by Crippen LogP contribution is 2.27. The molecule has 1 aliphatic heterocycles. The molecular weight excluding hydrogens is 753 g/mol. The van der Waals surface area contributed by atoms with Gasteiger partial charge < -0.3 is 47.5 Å². The lowest BCUT2D eigenvalue weighted by Gasteiger charge is -2.34. The molecule has 0 spiro atoms. The number of carbonyl (C=O) groups excluding carboxylic acids is 5. The summed E-state index contributed by atoms with van der Waals surface area (Å²) in [6.07, 6.45) is 10.1. The number of nitrogens with zero attached hydrogens (tertiary/aromatic N) is 2. The van der Waals surface area contributed by atoms with Crippen LogP contribution in [0.1, 0.15) is 96.0 Å². The summed E-state index contributed by atoms with van der Waals surface area (Å²) in [4.78, 5) is 56.9. The molecule has 2 fully saturated rings. The molecule has 11 N–H and O–H groups in total. The fraction of sp³-hybridized carbons (Fsp3) is 0.477. The van der Waals surface area contributed by atoms with Gasteiger partial charge in [-0.2, -0.15) is 0 Å². The molecule has 0 aromatic heterocycles. The third-order valence-corrected chi connectivity index (χ3v) is 10.2. The topological polar surface area (TPSA) is 246 Å². The van der Waals surface area contributed by atoms with Crippen molar-refractivity contribution in [2.75, 3.05) is 18.4 Å². The first-order chi connectivity index (χ1) is 27.9. The molecule has 3 aromatic carbocycles. The zero-order valence-corrected chi connectivity index (χ0v) is 35.4. The maximum absolute atomic E-state index is 12.8. The Morgan fingerprint density at radius 2 is 1.58 bits per heavy atom. The minimum atomic E-state index is -1.20. The molecule has 15 nitrogen and oxygen atoms in total. The van der Waals surface area contributed by atoms with Crippen LogP contribution in [0, 0.1) is 5.92 Å². The van der Waals surface area contributed by atoms with Gasteiger partial charge in [-0.05, 0) is 87.1 Å². The van der Waals surface area contributed by atoms with Gasteiger partial charge in [-0.3, -0.25) is 24.0 Å². The maximum atomic E-state index is 12.8. The second-order valence-electron chi connectivity index (χ2n) is 15.6. The number of primary amides is 1. The van der Waals surface area contributed by atoms with Crippen LogP contribution >= 0.6 is 0 Å². The lowest BCUT2D eigenvalue weighted by Crippen LogP contribution is -2.49. The highest BCUT2D eigenvalue weighted by Gasteiger charge is 2.38. The Bertz CT molecular complexity index is 1810. The first kappa shape index (κ1) is 49.6. The van der Waals surface area contributed by atoms with Crippen molar-refractivity contribution in [3.63, 3.8) is 0 Å². The van der Waals surface area contributed by atoms with E-state index in [0.29, 0.717) is 37.1 Å². The summed E-state index contributed by atoms with van der Waals surface area (Å²) in [5.74, 6) is 6.65. The molecule has 4 atom stereocenters. The van der Waals surface area contributed by atoms with Gasteiger partial charge in [-0.1, -0.05) is 81.5 Å². The van der Waals surface area contributed by atoms with Crippen LogP contribution in [0.3, 0.4) is 0 Å². The zero-order chi connectivity index (χ0) is 44.1. The van der Waals surface area contributed by atoms with E-state index in [1.807, 2.05) is 55.5 Å². The van der Waals surface area contributed by atoms with E-state index in [1.165, 1.54) is 50.2 Å². The quantitative estimate of drug-likeness (QED) is 0.0749. The highest BCUT2D eigenvalue weighted by molar-refractivity contribution is 6.00. The Kier molecular flexibility index (Phi) is 21.1. The Hall–Kier alpha value is -5.51. The van der Waals surface area contributed by atoms with Crippen molar-refractivity contribution >= 4 is 47.0 Å². The molecule has 4 unspecified atom stereocenters. The Morgan fingerprint density at radius 1 is 0.966 bits per heavy atom. The molecule has 0 radical (unpaired) electrons. The van der Waals surface area contributed by atoms with Gasteiger partial charge in [-0.15, -0.1) is 0 Å². The average Bonchev–Trinajstić information content (AvgIpc) is 3.59. The van der Waals surface area contributed by atoms with Crippen LogP contribution in [-0.2, 0) is 25.6 Å². The predicted octanol–water partition coefficient (Wildman–Crippen LogP) is 3.68. The second-order valence-corrected chi connectivity index (χ2v) is 15.6. The van der Waals surface area contributed by atoms with E-state index < -0.39 is 11.7 Å². The molecule has 59 heavy (non-hydrogen) atoms. The Balaban J connectivity index is 0.000000358. The zero-order valence-electron chi connectivity index (χ0n) is 35.4. The number of nitrogens with one attached hydrogen (secondary N) is 3. The number of hydrogen-bond donors (Lipinski definition) is 8. The summed E-state index contributed by atoms with van der Waals surface area (Å²) < 4.78 is 0. The predicted molar refractivity (Wildman–Crippen MR) is 232 cm³/mol. The van der Waals surface area contributed by atoms with E-state index in [-0.39, 0.29) is 48.8 Å². The monoisotopic (exact) mass is 819 g/mol. The normalized spacial score (nSPS) is 17.6. The molecule has 15 heteroatoms. The third-order valence-electron chi connectivity index (χ3n) is 10.2. The van der Waals surface area contributed by atoms with E-state index in [1.54, 1.807) is 43.9 Å². The minimum absolute atomic E-state index is 0.0537. The van der Waals surface area contributed by atoms with Crippen molar-refractivity contribution in [3.05, 3.63) is 89.8 Å². The maximum Gasteiger partial charge on any atom is 0.251 e. The lowest BCUT2D eigenvalue weighted by atomic mass is 9.91. The number of hydrogen-bond acceptors (Lipinski definition) is 10. The highest BCUT2D eigenvalue weighted by atomic mass is 16.3. The van der Waals surface area contributed by atoms with E-state index in [4.69, 9.17) is 16.4 Å². The van der Waals surface area contributed by atoms with Crippen LogP contribution in [-0.4, -0.2) is 93.6 Å². The second kappa shape index (κ2) is 25.1. The van der Waals surface area contributed by atoms with E-state index >= 15 is 0 Å². The Morgan fingerprint density at radius 3 is 2.08 bits per heavy atom. The van der Waals surface area contributed by atoms with Gasteiger partial charge in [0.2, 0.25) is 24.6 Å². The fourth-order valence-corrected chi connectivity index (χ4v) is 6.99. The number of hydrazine groups is 1. The number of rotatable bonds is 12. The van der Waals surface area contributed by atoms with Crippen molar-refractivity contribution in [3.8, 4) is 0 Å². The van der Waals surface area contributed by atoms with Gasteiger partial charge in [0.15, 0.2) is 0 Å². The van der Waals surface area contributed by atoms with Crippen molar-refractivity contribution < 1.29 is 34.2 Å². The molecule has 324 valence electrons. The van der Waals surface area contributed by atoms with Crippen LogP contribution < -0.4 is 33.3 Å². The number of carbonyl (C=O) groups is 5. The summed E-state index contributed by atoms with van der Waals surface area (Å²) in [5, 5.41) is 31.2. The summed E-state index contributed by atoms with van der Waals surface area (Å²) in [7, 11) is 0. The number of anilines is 1. The summed E-state index contributed by atoms with van der Waals surface area (Å²) in [6.45, 7) is 10.9. The van der Waals surface area contributed by atoms with Crippen molar-refractivity contribution in [1.29, 1.82) is 0 Å². The number of likely N-dealkylation sites (tertiary alicyclic amines) is 1. The smallest absolute Gasteiger partial charge is 0.251 e. The largest absolute Gasteiger partial charge is 0.403 e. The van der Waals surface area contributed by atoms with Gasteiger partial charge in [0, 0.05) is 37.0 Å². The molecule has 2 aliphatic rings. The molecule has 5 amide bonds. The molecule has 1 saturated carbocycles. The molecule has 5 rings (SSSR count). The van der Waals surface area contributed by atoms with Gasteiger partial charge in [-0.25, -0.2) is 5.84 Å². The number of amides is 5. The summed E-state index contributed by atoms with van der Waals surface area (Å²) in [6, 6.07) is 20.0. The molecule has 1 heterocycles. The average molecular weight is 819 g/mol. The van der Waals surface area contributed by atoms with Gasteiger partial charge >= 0.3 is 0 Å². The van der Waals surface area contributed by atoms with Crippen LogP contribution in [0.4, 0.5) is 5.69 Å². The van der Waals surface area contributed by atoms with Crippen molar-refractivity contribution in [2.45, 2.75) is 116 Å². The number of fused-ring (bicyclic) bond motifs is 1. The van der Waals surface area contributed by atoms with Crippen molar-refractivity contribution in [2.24, 2.45) is 23.2 Å². The molecule has 1 saturated heterocycles. The molecule has 3 aromatic rings. The molecule has 1 aliphatic carbocycles. The van der Waals surface area contributed by atoms with Gasteiger partial charge in [0.05, 0.1) is 30.4 Å². The first-order valence-corrected chi connectivity index (χ1v) is 20.1. The number of benzene rings is 3. The van der Waals surface area contributed by atoms with Crippen molar-refractivity contribution in [1.82, 2.24) is 20.5 Å². The number of aliphatic hydroxyl groups is 2. The molecule has 0 bridgehead atoms. The SMILES string of the molecule is CC(=O)Nc1ccc(CC(NC=O)C(C)O)cc1.CC1CC(N(N)/C(=C\N)C(C)(C)O)CN1C(=O)CNC(=O)c1ccc2ccccc2c1.CC1CCCCC1.NC=O. The minimum Gasteiger partial charge on any atom is -0.403 e. The van der Waals surface area contributed by atoms with Crippen LogP contribution in [0.15, 0.2) is 78.6 Å². The van der Waals surface area contributed by atoms with Gasteiger partial charge in [0.25, 0.3) is 5.91 Å². The lowest BCUT2D eigenvalue weighted by molar-refractivity contribution is -0.130. The van der Waals surface area contributed by atoms with Crippen LogP contribution in [0.25, 0.3) is 10.8 Å². The third kappa shape index (κ3) is 17.1. The first-order valence-electron chi connectivity index (χ1n) is 20.1. The number of nitrogens with two attached hydrogens (primary N) is 3. The van der Waals surface area contributed by atoms with E-state index in [9.17, 15) is 29.4 Å².